The van der Waals surface area contributed by atoms with Gasteiger partial charge in [-0.05, 0) is 45.4 Å². The van der Waals surface area contributed by atoms with Crippen LogP contribution in [0.2, 0.25) is 0 Å². The van der Waals surface area contributed by atoms with Crippen molar-refractivity contribution in [2.24, 2.45) is 5.73 Å². The molecule has 0 atom stereocenters. The zero-order valence-corrected chi connectivity index (χ0v) is 10.2. The standard InChI is InChI=1S/C12H25N3O/c13-4-1-5-14-6-2-12(3-7-14)15-8-10-16-11-9-15/h12H,1-11,13H2. The number of ether oxygens (including phenoxy) is 1. The molecule has 2 N–H and O–H groups in total. The predicted molar refractivity (Wildman–Crippen MR) is 65.5 cm³/mol. The summed E-state index contributed by atoms with van der Waals surface area (Å²) in [5.74, 6) is 0. The highest BCUT2D eigenvalue weighted by atomic mass is 16.5. The third-order valence-corrected chi connectivity index (χ3v) is 3.80. The molecule has 0 unspecified atom stereocenters. The van der Waals surface area contributed by atoms with Crippen molar-refractivity contribution in [3.63, 3.8) is 0 Å². The van der Waals surface area contributed by atoms with Gasteiger partial charge in [0.1, 0.15) is 0 Å². The molecule has 2 heterocycles. The maximum atomic E-state index is 5.54. The molecule has 0 aromatic rings. The molecule has 4 heteroatoms. The summed E-state index contributed by atoms with van der Waals surface area (Å²) in [4.78, 5) is 5.17. The van der Waals surface area contributed by atoms with Gasteiger partial charge in [0.15, 0.2) is 0 Å². The lowest BCUT2D eigenvalue weighted by Crippen LogP contribution is -2.49. The van der Waals surface area contributed by atoms with Gasteiger partial charge >= 0.3 is 0 Å². The second-order valence-electron chi connectivity index (χ2n) is 4.86. The van der Waals surface area contributed by atoms with Gasteiger partial charge in [-0.2, -0.15) is 0 Å². The Morgan fingerprint density at radius 1 is 1.06 bits per heavy atom. The number of nitrogens with zero attached hydrogens (tertiary/aromatic N) is 2. The van der Waals surface area contributed by atoms with Crippen LogP contribution < -0.4 is 5.73 Å². The number of morpholine rings is 1. The first-order chi connectivity index (χ1) is 7.90. The molecule has 0 spiro atoms. The van der Waals surface area contributed by atoms with Crippen molar-refractivity contribution in [3.8, 4) is 0 Å². The molecule has 2 saturated heterocycles. The Morgan fingerprint density at radius 3 is 2.38 bits per heavy atom. The molecular formula is C12H25N3O. The van der Waals surface area contributed by atoms with Crippen LogP contribution in [0.1, 0.15) is 19.3 Å². The lowest BCUT2D eigenvalue weighted by molar-refractivity contribution is 0.000896. The lowest BCUT2D eigenvalue weighted by atomic mass is 10.0. The number of hydrogen-bond acceptors (Lipinski definition) is 4. The van der Waals surface area contributed by atoms with Crippen molar-refractivity contribution in [3.05, 3.63) is 0 Å². The smallest absolute Gasteiger partial charge is 0.0594 e. The fraction of sp³-hybridized carbons (Fsp3) is 1.00. The average Bonchev–Trinajstić information content (AvgIpc) is 2.38. The van der Waals surface area contributed by atoms with Gasteiger partial charge in [0, 0.05) is 19.1 Å². The first kappa shape index (κ1) is 12.3. The minimum atomic E-state index is 0.804. The predicted octanol–water partition coefficient (Wildman–Crippen LogP) is 0.132. The Morgan fingerprint density at radius 2 is 1.75 bits per heavy atom. The van der Waals surface area contributed by atoms with Gasteiger partial charge in [0.25, 0.3) is 0 Å². The minimum Gasteiger partial charge on any atom is -0.379 e. The first-order valence-corrected chi connectivity index (χ1v) is 6.64. The topological polar surface area (TPSA) is 41.7 Å². The molecule has 2 aliphatic heterocycles. The Bertz CT molecular complexity index is 187. The number of nitrogens with two attached hydrogens (primary N) is 1. The van der Waals surface area contributed by atoms with Crippen molar-refractivity contribution in [2.75, 3.05) is 52.5 Å². The molecule has 0 bridgehead atoms. The van der Waals surface area contributed by atoms with E-state index in [1.807, 2.05) is 0 Å². The van der Waals surface area contributed by atoms with Gasteiger partial charge in [0.2, 0.25) is 0 Å². The van der Waals surface area contributed by atoms with Gasteiger partial charge in [-0.15, -0.1) is 0 Å². The molecule has 0 aromatic heterocycles. The summed E-state index contributed by atoms with van der Waals surface area (Å²) in [7, 11) is 0. The van der Waals surface area contributed by atoms with Crippen molar-refractivity contribution in [1.29, 1.82) is 0 Å². The van der Waals surface area contributed by atoms with E-state index < -0.39 is 0 Å². The molecule has 0 aliphatic carbocycles. The van der Waals surface area contributed by atoms with E-state index in [9.17, 15) is 0 Å². The van der Waals surface area contributed by atoms with Gasteiger partial charge in [-0.25, -0.2) is 0 Å². The number of piperidine rings is 1. The number of hydrogen-bond donors (Lipinski definition) is 1. The van der Waals surface area contributed by atoms with Crippen LogP contribution in [0.4, 0.5) is 0 Å². The van der Waals surface area contributed by atoms with E-state index in [-0.39, 0.29) is 0 Å². The zero-order valence-electron chi connectivity index (χ0n) is 10.2. The van der Waals surface area contributed by atoms with E-state index in [1.165, 1.54) is 32.5 Å². The van der Waals surface area contributed by atoms with Crippen LogP contribution in [0.15, 0.2) is 0 Å². The Kier molecular flexibility index (Phi) is 5.03. The Balaban J connectivity index is 1.67. The van der Waals surface area contributed by atoms with E-state index in [0.29, 0.717) is 0 Å². The van der Waals surface area contributed by atoms with E-state index in [0.717, 1.165) is 45.3 Å². The highest BCUT2D eigenvalue weighted by molar-refractivity contribution is 4.80. The summed E-state index contributed by atoms with van der Waals surface area (Å²) in [6, 6.07) is 0.804. The summed E-state index contributed by atoms with van der Waals surface area (Å²) in [6.45, 7) is 8.63. The van der Waals surface area contributed by atoms with Crippen molar-refractivity contribution in [2.45, 2.75) is 25.3 Å². The zero-order chi connectivity index (χ0) is 11.2. The maximum absolute atomic E-state index is 5.54. The van der Waals surface area contributed by atoms with Crippen LogP contribution in [-0.2, 0) is 4.74 Å². The molecule has 0 saturated carbocycles. The monoisotopic (exact) mass is 227 g/mol. The summed E-state index contributed by atoms with van der Waals surface area (Å²) in [6.07, 6.45) is 3.79. The van der Waals surface area contributed by atoms with Crippen LogP contribution in [0.3, 0.4) is 0 Å². The van der Waals surface area contributed by atoms with Crippen molar-refractivity contribution in [1.82, 2.24) is 9.80 Å². The molecular weight excluding hydrogens is 202 g/mol. The average molecular weight is 227 g/mol. The van der Waals surface area contributed by atoms with Crippen molar-refractivity contribution < 1.29 is 4.74 Å². The highest BCUT2D eigenvalue weighted by Crippen LogP contribution is 2.17. The quantitative estimate of drug-likeness (QED) is 0.741. The summed E-state index contributed by atoms with van der Waals surface area (Å²) in [5, 5.41) is 0. The van der Waals surface area contributed by atoms with Gasteiger partial charge in [0.05, 0.1) is 13.2 Å². The molecule has 2 aliphatic rings. The van der Waals surface area contributed by atoms with E-state index in [1.54, 1.807) is 0 Å². The minimum absolute atomic E-state index is 0.804. The molecule has 0 aromatic carbocycles. The molecule has 4 nitrogen and oxygen atoms in total. The molecule has 2 fully saturated rings. The second kappa shape index (κ2) is 6.55. The molecule has 0 amide bonds. The van der Waals surface area contributed by atoms with Crippen LogP contribution in [0, 0.1) is 0 Å². The van der Waals surface area contributed by atoms with Gasteiger partial charge in [-0.3, -0.25) is 4.90 Å². The third-order valence-electron chi connectivity index (χ3n) is 3.80. The largest absolute Gasteiger partial charge is 0.379 e. The van der Waals surface area contributed by atoms with Crippen LogP contribution in [-0.4, -0.2) is 68.3 Å². The Hall–Kier alpha value is -0.160. The SMILES string of the molecule is NCCCN1CCC(N2CCOCC2)CC1. The molecule has 94 valence electrons. The summed E-state index contributed by atoms with van der Waals surface area (Å²) >= 11 is 0. The highest BCUT2D eigenvalue weighted by Gasteiger charge is 2.25. The number of likely N-dealkylation sites (tertiary alicyclic amines) is 1. The van der Waals surface area contributed by atoms with Crippen LogP contribution in [0.25, 0.3) is 0 Å². The molecule has 16 heavy (non-hydrogen) atoms. The van der Waals surface area contributed by atoms with E-state index >= 15 is 0 Å². The summed E-state index contributed by atoms with van der Waals surface area (Å²) in [5.41, 5.74) is 5.54. The van der Waals surface area contributed by atoms with Crippen LogP contribution in [0.5, 0.6) is 0 Å². The lowest BCUT2D eigenvalue weighted by Gasteiger charge is -2.40. The van der Waals surface area contributed by atoms with Gasteiger partial charge < -0.3 is 15.4 Å². The first-order valence-electron chi connectivity index (χ1n) is 6.64. The van der Waals surface area contributed by atoms with Crippen LogP contribution >= 0.6 is 0 Å². The van der Waals surface area contributed by atoms with E-state index in [2.05, 4.69) is 9.80 Å². The number of rotatable bonds is 4. The molecule has 2 rings (SSSR count). The normalized spacial score (nSPS) is 26.1. The maximum Gasteiger partial charge on any atom is 0.0594 e. The third kappa shape index (κ3) is 3.42. The molecule has 0 radical (unpaired) electrons. The van der Waals surface area contributed by atoms with Gasteiger partial charge in [-0.1, -0.05) is 0 Å². The fourth-order valence-corrected chi connectivity index (χ4v) is 2.77. The Labute approximate surface area is 98.7 Å². The van der Waals surface area contributed by atoms with Crippen molar-refractivity contribution >= 4 is 0 Å². The summed E-state index contributed by atoms with van der Waals surface area (Å²) < 4.78 is 5.40. The van der Waals surface area contributed by atoms with E-state index in [4.69, 9.17) is 10.5 Å². The fourth-order valence-electron chi connectivity index (χ4n) is 2.77. The second-order valence-corrected chi connectivity index (χ2v) is 4.86.